The van der Waals surface area contributed by atoms with Crippen LogP contribution in [-0.2, 0) is 22.5 Å². The summed E-state index contributed by atoms with van der Waals surface area (Å²) in [5, 5.41) is 3.55. The molecule has 0 aliphatic carbocycles. The molecule has 1 N–H and O–H groups in total. The van der Waals surface area contributed by atoms with Gasteiger partial charge in [0.15, 0.2) is 0 Å². The predicted molar refractivity (Wildman–Crippen MR) is 89.1 cm³/mol. The number of hydrogen-bond acceptors (Lipinski definition) is 5. The quantitative estimate of drug-likeness (QED) is 0.817. The molecule has 1 atom stereocenters. The van der Waals surface area contributed by atoms with Crippen LogP contribution in [0.4, 0.5) is 0 Å². The molecule has 1 unspecified atom stereocenters. The van der Waals surface area contributed by atoms with Gasteiger partial charge in [-0.2, -0.15) is 0 Å². The highest BCUT2D eigenvalue weighted by atomic mass is 32.1. The number of esters is 1. The summed E-state index contributed by atoms with van der Waals surface area (Å²) in [6.45, 7) is 7.33. The highest BCUT2D eigenvalue weighted by Gasteiger charge is 2.12. The minimum Gasteiger partial charge on any atom is -0.469 e. The van der Waals surface area contributed by atoms with Crippen molar-refractivity contribution in [2.75, 3.05) is 7.11 Å². The maximum atomic E-state index is 11.3. The average molecular weight is 323 g/mol. The fourth-order valence-electron chi connectivity index (χ4n) is 2.27. The summed E-state index contributed by atoms with van der Waals surface area (Å²) in [4.78, 5) is 16.3. The molecule has 21 heavy (non-hydrogen) atoms. The molecule has 0 fully saturated rings. The van der Waals surface area contributed by atoms with Gasteiger partial charge in [0.05, 0.1) is 13.5 Å². The van der Waals surface area contributed by atoms with Crippen molar-refractivity contribution in [3.63, 3.8) is 0 Å². The van der Waals surface area contributed by atoms with E-state index in [2.05, 4.69) is 43.0 Å². The van der Waals surface area contributed by atoms with Gasteiger partial charge in [0.25, 0.3) is 0 Å². The van der Waals surface area contributed by atoms with E-state index in [1.165, 1.54) is 27.3 Å². The molecule has 5 heteroatoms. The van der Waals surface area contributed by atoms with Crippen LogP contribution in [0.1, 0.15) is 38.0 Å². The molecule has 0 aromatic carbocycles. The van der Waals surface area contributed by atoms with E-state index in [9.17, 15) is 4.79 Å². The van der Waals surface area contributed by atoms with E-state index in [4.69, 9.17) is 0 Å². The topological polar surface area (TPSA) is 38.3 Å². The summed E-state index contributed by atoms with van der Waals surface area (Å²) in [5.74, 6) is -0.186. The van der Waals surface area contributed by atoms with Gasteiger partial charge in [-0.05, 0) is 44.5 Å². The number of ether oxygens (including phenoxy) is 1. The maximum Gasteiger partial charge on any atom is 0.310 e. The second-order valence-corrected chi connectivity index (χ2v) is 7.81. The number of nitrogens with one attached hydrogen (secondary N) is 1. The van der Waals surface area contributed by atoms with Crippen molar-refractivity contribution in [1.29, 1.82) is 0 Å². The van der Waals surface area contributed by atoms with E-state index >= 15 is 0 Å². The summed E-state index contributed by atoms with van der Waals surface area (Å²) in [5.41, 5.74) is 1.38. The number of aryl methyl sites for hydroxylation is 2. The van der Waals surface area contributed by atoms with Crippen LogP contribution in [0.3, 0.4) is 0 Å². The highest BCUT2D eigenvalue weighted by Crippen LogP contribution is 2.26. The average Bonchev–Trinajstić information content (AvgIpc) is 3.02. The zero-order valence-corrected chi connectivity index (χ0v) is 14.5. The van der Waals surface area contributed by atoms with E-state index in [-0.39, 0.29) is 5.97 Å². The van der Waals surface area contributed by atoms with Crippen LogP contribution in [0.25, 0.3) is 0 Å². The van der Waals surface area contributed by atoms with Gasteiger partial charge in [-0.3, -0.25) is 4.79 Å². The Kier molecular flexibility index (Phi) is 5.56. The van der Waals surface area contributed by atoms with Crippen molar-refractivity contribution in [2.24, 2.45) is 0 Å². The normalized spacial score (nSPS) is 12.4. The minimum absolute atomic E-state index is 0.186. The van der Waals surface area contributed by atoms with Crippen LogP contribution in [0.15, 0.2) is 18.2 Å². The lowest BCUT2D eigenvalue weighted by Gasteiger charge is -2.13. The van der Waals surface area contributed by atoms with Crippen LogP contribution >= 0.6 is 22.7 Å². The Morgan fingerprint density at radius 3 is 2.62 bits per heavy atom. The number of thiophene rings is 2. The van der Waals surface area contributed by atoms with Gasteiger partial charge < -0.3 is 10.1 Å². The Morgan fingerprint density at radius 2 is 2.00 bits per heavy atom. The molecular weight excluding hydrogens is 302 g/mol. The Labute approximate surface area is 134 Å². The first-order chi connectivity index (χ1) is 9.99. The van der Waals surface area contributed by atoms with Crippen LogP contribution in [0.2, 0.25) is 0 Å². The van der Waals surface area contributed by atoms with Crippen LogP contribution < -0.4 is 5.32 Å². The van der Waals surface area contributed by atoms with E-state index in [1.807, 2.05) is 17.4 Å². The molecule has 114 valence electrons. The Bertz CT molecular complexity index is 616. The third-order valence-electron chi connectivity index (χ3n) is 3.39. The first-order valence-electron chi connectivity index (χ1n) is 6.94. The summed E-state index contributed by atoms with van der Waals surface area (Å²) in [7, 11) is 1.42. The maximum absolute atomic E-state index is 11.3. The molecule has 2 heterocycles. The summed E-state index contributed by atoms with van der Waals surface area (Å²) in [6.07, 6.45) is 0.361. The largest absolute Gasteiger partial charge is 0.469 e. The molecule has 0 saturated carbocycles. The van der Waals surface area contributed by atoms with Crippen LogP contribution in [-0.4, -0.2) is 13.1 Å². The Hall–Kier alpha value is -1.17. The predicted octanol–water partition coefficient (Wildman–Crippen LogP) is 3.99. The van der Waals surface area contributed by atoms with Crippen molar-refractivity contribution >= 4 is 28.6 Å². The lowest BCUT2D eigenvalue weighted by Crippen LogP contribution is -2.17. The van der Waals surface area contributed by atoms with Gasteiger partial charge in [-0.15, -0.1) is 22.7 Å². The standard InChI is InChI=1S/C16H21NO2S2/c1-10-7-15(12(3)20-10)11(2)17-9-14-6-5-13(21-14)8-16(18)19-4/h5-7,11,17H,8-9H2,1-4H3. The van der Waals surface area contributed by atoms with Crippen molar-refractivity contribution in [1.82, 2.24) is 5.32 Å². The number of hydrogen-bond donors (Lipinski definition) is 1. The van der Waals surface area contributed by atoms with E-state index < -0.39 is 0 Å². The zero-order chi connectivity index (χ0) is 15.4. The SMILES string of the molecule is COC(=O)Cc1ccc(CNC(C)c2cc(C)sc2C)s1. The third-order valence-corrected chi connectivity index (χ3v) is 5.46. The fraction of sp³-hybridized carbons (Fsp3) is 0.438. The molecule has 0 radical (unpaired) electrons. The van der Waals surface area contributed by atoms with Gasteiger partial charge in [0.1, 0.15) is 0 Å². The van der Waals surface area contributed by atoms with Crippen molar-refractivity contribution in [3.05, 3.63) is 43.3 Å². The van der Waals surface area contributed by atoms with Gasteiger partial charge >= 0.3 is 5.97 Å². The second-order valence-electron chi connectivity index (χ2n) is 5.09. The van der Waals surface area contributed by atoms with Crippen molar-refractivity contribution < 1.29 is 9.53 Å². The molecule has 2 rings (SSSR count). The molecule has 0 amide bonds. The number of rotatable bonds is 6. The van der Waals surface area contributed by atoms with Crippen LogP contribution in [0.5, 0.6) is 0 Å². The van der Waals surface area contributed by atoms with Gasteiger partial charge in [-0.25, -0.2) is 0 Å². The molecule has 2 aromatic rings. The number of carbonyl (C=O) groups excluding carboxylic acids is 1. The summed E-state index contributed by atoms with van der Waals surface area (Å²) in [6, 6.07) is 6.67. The Balaban J connectivity index is 1.91. The molecule has 0 bridgehead atoms. The number of carbonyl (C=O) groups is 1. The first kappa shape index (κ1) is 16.2. The zero-order valence-electron chi connectivity index (χ0n) is 12.9. The minimum atomic E-state index is -0.186. The molecular formula is C16H21NO2S2. The molecule has 0 aliphatic heterocycles. The molecule has 0 saturated heterocycles. The molecule has 3 nitrogen and oxygen atoms in total. The lowest BCUT2D eigenvalue weighted by atomic mass is 10.1. The van der Waals surface area contributed by atoms with E-state index in [0.29, 0.717) is 12.5 Å². The molecule has 2 aromatic heterocycles. The van der Waals surface area contributed by atoms with Crippen molar-refractivity contribution in [2.45, 2.75) is 39.8 Å². The monoisotopic (exact) mass is 323 g/mol. The van der Waals surface area contributed by atoms with E-state index in [1.54, 1.807) is 11.3 Å². The highest BCUT2D eigenvalue weighted by molar-refractivity contribution is 7.12. The van der Waals surface area contributed by atoms with Crippen molar-refractivity contribution in [3.8, 4) is 0 Å². The van der Waals surface area contributed by atoms with Crippen LogP contribution in [0, 0.1) is 13.8 Å². The van der Waals surface area contributed by atoms with Gasteiger partial charge in [0.2, 0.25) is 0 Å². The molecule has 0 aliphatic rings. The van der Waals surface area contributed by atoms with Gasteiger partial charge in [0, 0.05) is 32.1 Å². The summed E-state index contributed by atoms with van der Waals surface area (Å²) >= 11 is 3.51. The lowest BCUT2D eigenvalue weighted by molar-refractivity contribution is -0.139. The molecule has 0 spiro atoms. The third kappa shape index (κ3) is 4.40. The first-order valence-corrected chi connectivity index (χ1v) is 8.57. The summed E-state index contributed by atoms with van der Waals surface area (Å²) < 4.78 is 4.69. The van der Waals surface area contributed by atoms with Gasteiger partial charge in [-0.1, -0.05) is 0 Å². The number of methoxy groups -OCH3 is 1. The smallest absolute Gasteiger partial charge is 0.310 e. The second kappa shape index (κ2) is 7.20. The fourth-order valence-corrected chi connectivity index (χ4v) is 4.25. The van der Waals surface area contributed by atoms with E-state index in [0.717, 1.165) is 11.4 Å². The Morgan fingerprint density at radius 1 is 1.29 bits per heavy atom.